The quantitative estimate of drug-likeness (QED) is 0.340. The lowest BCUT2D eigenvalue weighted by Crippen LogP contribution is -2.72. The molecule has 0 radical (unpaired) electrons. The van der Waals surface area contributed by atoms with Crippen LogP contribution in [-0.2, 0) is 11.0 Å². The number of carbonyl (C=O) groups is 1. The molecule has 2 heterocycles. The van der Waals surface area contributed by atoms with Crippen LogP contribution in [0, 0.1) is 0 Å². The number of halogens is 4. The second-order valence-corrected chi connectivity index (χ2v) is 7.57. The first kappa shape index (κ1) is 23.2. The lowest BCUT2D eigenvalue weighted by atomic mass is 9.90. The molecular weight excluding hydrogens is 447 g/mol. The third kappa shape index (κ3) is 4.58. The molecule has 0 atom stereocenters. The molecule has 168 valence electrons. The van der Waals surface area contributed by atoms with E-state index in [0.29, 0.717) is 5.56 Å². The summed E-state index contributed by atoms with van der Waals surface area (Å²) in [6.45, 7) is 4.07. The van der Waals surface area contributed by atoms with Crippen molar-refractivity contribution in [3.8, 4) is 0 Å². The molecule has 1 aliphatic rings. The van der Waals surface area contributed by atoms with E-state index >= 15 is 0 Å². The van der Waals surface area contributed by atoms with Crippen molar-refractivity contribution in [3.63, 3.8) is 0 Å². The maximum atomic E-state index is 12.9. The Balaban J connectivity index is 2.01. The Morgan fingerprint density at radius 3 is 2.31 bits per heavy atom. The van der Waals surface area contributed by atoms with Crippen LogP contribution in [0.3, 0.4) is 0 Å². The molecule has 1 saturated heterocycles. The molecule has 0 saturated carbocycles. The van der Waals surface area contributed by atoms with Crippen LogP contribution in [0.1, 0.15) is 16.7 Å². The van der Waals surface area contributed by atoms with E-state index in [9.17, 15) is 18.0 Å². The van der Waals surface area contributed by atoms with Crippen molar-refractivity contribution in [2.75, 3.05) is 13.1 Å². The molecule has 32 heavy (non-hydrogen) atoms. The highest BCUT2D eigenvalue weighted by molar-refractivity contribution is 6.55. The van der Waals surface area contributed by atoms with E-state index in [2.05, 4.69) is 21.7 Å². The number of hydrazone groups is 1. The number of nitrogens with two attached hydrogens (primary N) is 3. The van der Waals surface area contributed by atoms with Gasteiger partial charge in [-0.2, -0.15) is 18.3 Å². The zero-order valence-electron chi connectivity index (χ0n) is 16.6. The van der Waals surface area contributed by atoms with Crippen LogP contribution in [0.25, 0.3) is 0 Å². The highest BCUT2D eigenvalue weighted by Crippen LogP contribution is 2.30. The minimum Gasteiger partial charge on any atom is -0.368 e. The molecule has 1 aromatic heterocycles. The Morgan fingerprint density at radius 2 is 1.81 bits per heavy atom. The van der Waals surface area contributed by atoms with Crippen molar-refractivity contribution in [3.05, 3.63) is 76.8 Å². The second-order valence-electron chi connectivity index (χ2n) is 7.16. The molecule has 1 aromatic carbocycles. The van der Waals surface area contributed by atoms with Crippen LogP contribution in [-0.4, -0.2) is 45.8 Å². The molecule has 12 heteroatoms. The first-order valence-electron chi connectivity index (χ1n) is 9.13. The van der Waals surface area contributed by atoms with Crippen LogP contribution in [0.5, 0.6) is 0 Å². The summed E-state index contributed by atoms with van der Waals surface area (Å²) < 4.78 is 38.8. The minimum absolute atomic E-state index is 0.0717. The Morgan fingerprint density at radius 1 is 1.19 bits per heavy atom. The number of likely N-dealkylation sites (tertiary alicyclic amines) is 1. The summed E-state index contributed by atoms with van der Waals surface area (Å²) >= 11 is 6.28. The molecule has 0 aliphatic carbocycles. The molecule has 6 N–H and O–H groups in total. The van der Waals surface area contributed by atoms with Gasteiger partial charge in [0.25, 0.3) is 0 Å². The number of primary amides is 1. The molecule has 1 aliphatic heterocycles. The van der Waals surface area contributed by atoms with Gasteiger partial charge in [0.05, 0.1) is 10.6 Å². The van der Waals surface area contributed by atoms with Crippen LogP contribution < -0.4 is 17.3 Å². The molecule has 0 unspecified atom stereocenters. The number of hydrogen-bond donors (Lipinski definition) is 3. The van der Waals surface area contributed by atoms with Crippen LogP contribution in [0.15, 0.2) is 65.2 Å². The van der Waals surface area contributed by atoms with Crippen molar-refractivity contribution in [2.24, 2.45) is 27.4 Å². The standard InChI is InChI=1S/C20H19ClF3N7O/c1-11(31-9-19(26,10-31)18(25)32)29-17(14-6-7-28-8-15(14)21)16(30-27)12-2-4-13(5-3-12)20(22,23)24/h2-8H,1,9-10,26-27H2,(H2,25,32)/b29-17?,30-16-. The fourth-order valence-corrected chi connectivity index (χ4v) is 3.28. The third-order valence-electron chi connectivity index (χ3n) is 4.91. The number of amides is 1. The number of carbonyl (C=O) groups excluding carboxylic acids is 1. The van der Waals surface area contributed by atoms with E-state index < -0.39 is 23.2 Å². The molecular formula is C20H19ClF3N7O. The zero-order valence-corrected chi connectivity index (χ0v) is 17.4. The second kappa shape index (κ2) is 8.60. The number of aliphatic imine (C=N–C) groups is 1. The summed E-state index contributed by atoms with van der Waals surface area (Å²) in [5.74, 6) is 5.16. The van der Waals surface area contributed by atoms with Gasteiger partial charge < -0.3 is 22.2 Å². The van der Waals surface area contributed by atoms with Gasteiger partial charge in [0.1, 0.15) is 22.8 Å². The van der Waals surface area contributed by atoms with E-state index in [0.717, 1.165) is 12.1 Å². The molecule has 1 amide bonds. The molecule has 0 bridgehead atoms. The van der Waals surface area contributed by atoms with Crippen LogP contribution in [0.4, 0.5) is 13.2 Å². The Kier molecular flexibility index (Phi) is 6.24. The Bertz CT molecular complexity index is 1110. The first-order chi connectivity index (χ1) is 15.0. The summed E-state index contributed by atoms with van der Waals surface area (Å²) in [5.41, 5.74) is 10.0. The monoisotopic (exact) mass is 465 g/mol. The van der Waals surface area contributed by atoms with Gasteiger partial charge in [-0.1, -0.05) is 30.3 Å². The fraction of sp³-hybridized carbons (Fsp3) is 0.200. The van der Waals surface area contributed by atoms with Crippen LogP contribution >= 0.6 is 11.6 Å². The summed E-state index contributed by atoms with van der Waals surface area (Å²) in [4.78, 5) is 21.5. The topological polar surface area (TPSA) is 136 Å². The van der Waals surface area contributed by atoms with Crippen molar-refractivity contribution in [1.82, 2.24) is 9.88 Å². The van der Waals surface area contributed by atoms with Gasteiger partial charge >= 0.3 is 6.18 Å². The largest absolute Gasteiger partial charge is 0.416 e. The normalized spacial score (nSPS) is 16.5. The summed E-state index contributed by atoms with van der Waals surface area (Å²) in [6.07, 6.45) is -1.66. The number of pyridine rings is 1. The van der Waals surface area contributed by atoms with E-state index in [1.165, 1.54) is 24.5 Å². The molecule has 0 spiro atoms. The summed E-state index contributed by atoms with van der Waals surface area (Å²) in [5, 5.41) is 3.96. The molecule has 1 fully saturated rings. The lowest BCUT2D eigenvalue weighted by Gasteiger charge is -2.46. The van der Waals surface area contributed by atoms with Crippen LogP contribution in [0.2, 0.25) is 5.02 Å². The lowest BCUT2D eigenvalue weighted by molar-refractivity contribution is -0.137. The zero-order chi connectivity index (χ0) is 23.7. The average Bonchev–Trinajstić information content (AvgIpc) is 2.71. The van der Waals surface area contributed by atoms with E-state index in [-0.39, 0.29) is 40.9 Å². The number of aromatic nitrogens is 1. The minimum atomic E-state index is -4.50. The Labute approximate surface area is 186 Å². The van der Waals surface area contributed by atoms with Gasteiger partial charge in [0.2, 0.25) is 5.91 Å². The van der Waals surface area contributed by atoms with Gasteiger partial charge in [-0.15, -0.1) is 0 Å². The van der Waals surface area contributed by atoms with Crippen molar-refractivity contribution in [2.45, 2.75) is 11.7 Å². The Hall–Kier alpha value is -3.44. The van der Waals surface area contributed by atoms with E-state index in [1.54, 1.807) is 11.0 Å². The highest BCUT2D eigenvalue weighted by Gasteiger charge is 2.45. The fourth-order valence-electron chi connectivity index (χ4n) is 3.07. The number of alkyl halides is 3. The van der Waals surface area contributed by atoms with E-state index in [4.69, 9.17) is 28.9 Å². The maximum Gasteiger partial charge on any atom is 0.416 e. The van der Waals surface area contributed by atoms with Gasteiger partial charge in [-0.25, -0.2) is 4.99 Å². The number of rotatable bonds is 6. The van der Waals surface area contributed by atoms with Gasteiger partial charge in [-0.05, 0) is 18.2 Å². The number of hydrogen-bond acceptors (Lipinski definition) is 7. The number of nitrogens with zero attached hydrogens (tertiary/aromatic N) is 4. The van der Waals surface area contributed by atoms with Crippen molar-refractivity contribution in [1.29, 1.82) is 0 Å². The predicted octanol–water partition coefficient (Wildman–Crippen LogP) is 1.88. The molecule has 8 nitrogen and oxygen atoms in total. The van der Waals surface area contributed by atoms with Gasteiger partial charge in [0, 0.05) is 36.6 Å². The predicted molar refractivity (Wildman–Crippen MR) is 115 cm³/mol. The molecule has 3 rings (SSSR count). The highest BCUT2D eigenvalue weighted by atomic mass is 35.5. The SMILES string of the molecule is C=C(N=C(/C(=N\N)c1ccc(C(F)(F)F)cc1)c1ccncc1Cl)N1CC(N)(C(N)=O)C1. The summed E-state index contributed by atoms with van der Waals surface area (Å²) in [7, 11) is 0. The van der Waals surface area contributed by atoms with Gasteiger partial charge in [0.15, 0.2) is 0 Å². The average molecular weight is 466 g/mol. The maximum absolute atomic E-state index is 12.9. The summed E-state index contributed by atoms with van der Waals surface area (Å²) in [6, 6.07) is 5.82. The number of benzene rings is 1. The third-order valence-corrected chi connectivity index (χ3v) is 5.21. The van der Waals surface area contributed by atoms with Crippen molar-refractivity contribution >= 4 is 28.9 Å². The van der Waals surface area contributed by atoms with E-state index in [1.807, 2.05) is 0 Å². The first-order valence-corrected chi connectivity index (χ1v) is 9.51. The molecule has 2 aromatic rings. The smallest absolute Gasteiger partial charge is 0.368 e. The van der Waals surface area contributed by atoms with Gasteiger partial charge in [-0.3, -0.25) is 9.78 Å². The van der Waals surface area contributed by atoms with Crippen molar-refractivity contribution < 1.29 is 18.0 Å².